The van der Waals surface area contributed by atoms with E-state index in [1.165, 1.54) is 13.2 Å². The molecule has 0 aliphatic carbocycles. The number of hydrogen-bond donors (Lipinski definition) is 2. The first kappa shape index (κ1) is 17.1. The number of halogens is 2. The van der Waals surface area contributed by atoms with Gasteiger partial charge in [-0.05, 0) is 17.7 Å². The summed E-state index contributed by atoms with van der Waals surface area (Å²) >= 11 is 0. The molecule has 6 heteroatoms. The average Bonchev–Trinajstić information content (AvgIpc) is 2.54. The van der Waals surface area contributed by atoms with Gasteiger partial charge in [-0.15, -0.1) is 0 Å². The van der Waals surface area contributed by atoms with Crippen LogP contribution in [0.25, 0.3) is 0 Å². The Morgan fingerprint density at radius 2 is 1.74 bits per heavy atom. The van der Waals surface area contributed by atoms with Crippen molar-refractivity contribution in [1.29, 1.82) is 0 Å². The number of aliphatic hydroxyl groups excluding tert-OH is 1. The molecular formula is C17H17F2NO3. The largest absolute Gasteiger partial charge is 0.386 e. The van der Waals surface area contributed by atoms with Gasteiger partial charge in [-0.2, -0.15) is 0 Å². The summed E-state index contributed by atoms with van der Waals surface area (Å²) in [6.45, 7) is -0.330. The van der Waals surface area contributed by atoms with Gasteiger partial charge in [0, 0.05) is 13.7 Å². The van der Waals surface area contributed by atoms with Crippen LogP contribution in [0, 0.1) is 11.6 Å². The van der Waals surface area contributed by atoms with Gasteiger partial charge in [0.2, 0.25) is 0 Å². The van der Waals surface area contributed by atoms with E-state index in [1.807, 2.05) is 0 Å². The molecule has 23 heavy (non-hydrogen) atoms. The topological polar surface area (TPSA) is 58.6 Å². The summed E-state index contributed by atoms with van der Waals surface area (Å²) in [5.41, 5.74) is 0.167. The van der Waals surface area contributed by atoms with Crippen LogP contribution in [0.4, 0.5) is 8.78 Å². The minimum absolute atomic E-state index is 0.330. The van der Waals surface area contributed by atoms with Gasteiger partial charge >= 0.3 is 0 Å². The van der Waals surface area contributed by atoms with Crippen LogP contribution in [0.5, 0.6) is 0 Å². The molecular weight excluding hydrogens is 304 g/mol. The van der Waals surface area contributed by atoms with E-state index < -0.39 is 35.3 Å². The number of carbonyl (C=O) groups is 1. The third kappa shape index (κ3) is 4.12. The molecule has 0 radical (unpaired) electrons. The molecule has 2 N–H and O–H groups in total. The Hall–Kier alpha value is -2.31. The molecule has 2 aromatic carbocycles. The van der Waals surface area contributed by atoms with E-state index in [-0.39, 0.29) is 6.54 Å². The average molecular weight is 321 g/mol. The molecule has 0 saturated heterocycles. The second kappa shape index (κ2) is 7.80. The minimum Gasteiger partial charge on any atom is -0.386 e. The monoisotopic (exact) mass is 321 g/mol. The number of hydrogen-bond acceptors (Lipinski definition) is 3. The smallest absolute Gasteiger partial charge is 0.253 e. The van der Waals surface area contributed by atoms with Crippen LogP contribution < -0.4 is 5.32 Å². The predicted octanol–water partition coefficient (Wildman–Crippen LogP) is 2.50. The molecule has 0 saturated carbocycles. The molecule has 0 aromatic heterocycles. The van der Waals surface area contributed by atoms with E-state index in [1.54, 1.807) is 30.3 Å². The lowest BCUT2D eigenvalue weighted by molar-refractivity contribution is -0.131. The molecule has 1 amide bonds. The zero-order valence-corrected chi connectivity index (χ0v) is 12.5. The lowest BCUT2D eigenvalue weighted by Crippen LogP contribution is -2.34. The summed E-state index contributed by atoms with van der Waals surface area (Å²) in [5, 5.41) is 12.4. The predicted molar refractivity (Wildman–Crippen MR) is 80.5 cm³/mol. The second-order valence-corrected chi connectivity index (χ2v) is 4.92. The van der Waals surface area contributed by atoms with E-state index >= 15 is 0 Å². The number of nitrogens with one attached hydrogen (secondary N) is 1. The number of methoxy groups -OCH3 is 1. The molecule has 122 valence electrons. The van der Waals surface area contributed by atoms with E-state index in [9.17, 15) is 18.7 Å². The first-order chi connectivity index (χ1) is 11.0. The van der Waals surface area contributed by atoms with Crippen LogP contribution in [0.2, 0.25) is 0 Å². The van der Waals surface area contributed by atoms with Crippen molar-refractivity contribution in [1.82, 2.24) is 5.32 Å². The number of carbonyl (C=O) groups excluding carboxylic acids is 1. The number of benzene rings is 2. The van der Waals surface area contributed by atoms with Gasteiger partial charge in [0.25, 0.3) is 5.91 Å². The maximum Gasteiger partial charge on any atom is 0.253 e. The standard InChI is InChI=1S/C17H17F2NO3/c1-23-16(11-6-3-2-4-7-11)17(22)20-10-14(21)15-12(18)8-5-9-13(15)19/h2-9,14,16,21H,10H2,1H3,(H,20,22)/t14?,16-/m1/s1. The first-order valence-corrected chi connectivity index (χ1v) is 7.02. The molecule has 0 aliphatic rings. The fraction of sp³-hybridized carbons (Fsp3) is 0.235. The number of amides is 1. The Kier molecular flexibility index (Phi) is 5.78. The Bertz CT molecular complexity index is 644. The molecule has 0 bridgehead atoms. The first-order valence-electron chi connectivity index (χ1n) is 7.02. The summed E-state index contributed by atoms with van der Waals surface area (Å²) in [5.74, 6) is -2.23. The van der Waals surface area contributed by atoms with E-state index in [0.29, 0.717) is 5.56 Å². The van der Waals surface area contributed by atoms with Crippen LogP contribution in [0.15, 0.2) is 48.5 Å². The van der Waals surface area contributed by atoms with Crippen molar-refractivity contribution >= 4 is 5.91 Å². The van der Waals surface area contributed by atoms with Crippen molar-refractivity contribution in [3.8, 4) is 0 Å². The SMILES string of the molecule is CO[C@@H](C(=O)NCC(O)c1c(F)cccc1F)c1ccccc1. The lowest BCUT2D eigenvalue weighted by atomic mass is 10.1. The highest BCUT2D eigenvalue weighted by atomic mass is 19.1. The van der Waals surface area contributed by atoms with Crippen LogP contribution in [-0.4, -0.2) is 24.7 Å². The van der Waals surface area contributed by atoms with Crippen molar-refractivity contribution < 1.29 is 23.4 Å². The maximum atomic E-state index is 13.6. The van der Waals surface area contributed by atoms with Crippen LogP contribution >= 0.6 is 0 Å². The van der Waals surface area contributed by atoms with E-state index in [2.05, 4.69) is 5.32 Å². The summed E-state index contributed by atoms with van der Waals surface area (Å²) in [6, 6.07) is 12.1. The minimum atomic E-state index is -1.49. The zero-order valence-electron chi connectivity index (χ0n) is 12.5. The number of aliphatic hydroxyl groups is 1. The van der Waals surface area contributed by atoms with Crippen molar-refractivity contribution in [3.63, 3.8) is 0 Å². The van der Waals surface area contributed by atoms with E-state index in [0.717, 1.165) is 12.1 Å². The van der Waals surface area contributed by atoms with Crippen molar-refractivity contribution in [2.45, 2.75) is 12.2 Å². The van der Waals surface area contributed by atoms with E-state index in [4.69, 9.17) is 4.74 Å². The van der Waals surface area contributed by atoms with Crippen molar-refractivity contribution in [2.24, 2.45) is 0 Å². The van der Waals surface area contributed by atoms with Gasteiger partial charge in [0.15, 0.2) is 6.10 Å². The second-order valence-electron chi connectivity index (χ2n) is 4.92. The van der Waals surface area contributed by atoms with Gasteiger partial charge in [-0.25, -0.2) is 8.78 Å². The normalized spacial score (nSPS) is 13.4. The maximum absolute atomic E-state index is 13.6. The van der Waals surface area contributed by atoms with Crippen LogP contribution in [0.1, 0.15) is 23.3 Å². The summed E-state index contributed by atoms with van der Waals surface area (Å²) in [4.78, 5) is 12.1. The number of rotatable bonds is 6. The lowest BCUT2D eigenvalue weighted by Gasteiger charge is -2.18. The van der Waals surface area contributed by atoms with Gasteiger partial charge < -0.3 is 15.2 Å². The molecule has 2 atom stereocenters. The summed E-state index contributed by atoms with van der Waals surface area (Å²) < 4.78 is 32.3. The van der Waals surface area contributed by atoms with Crippen LogP contribution in [-0.2, 0) is 9.53 Å². The Balaban J connectivity index is 2.03. The molecule has 4 nitrogen and oxygen atoms in total. The summed E-state index contributed by atoms with van der Waals surface area (Å²) in [7, 11) is 1.38. The molecule has 1 unspecified atom stereocenters. The van der Waals surface area contributed by atoms with Gasteiger partial charge in [0.1, 0.15) is 17.7 Å². The molecule has 0 spiro atoms. The molecule has 2 aromatic rings. The highest BCUT2D eigenvalue weighted by Crippen LogP contribution is 2.21. The third-order valence-corrected chi connectivity index (χ3v) is 3.38. The quantitative estimate of drug-likeness (QED) is 0.859. The Labute approximate surface area is 132 Å². The zero-order chi connectivity index (χ0) is 16.8. The molecule has 0 aliphatic heterocycles. The summed E-state index contributed by atoms with van der Waals surface area (Å²) in [6.07, 6.45) is -2.36. The molecule has 0 heterocycles. The van der Waals surface area contributed by atoms with Gasteiger partial charge in [-0.3, -0.25) is 4.79 Å². The molecule has 0 fully saturated rings. The van der Waals surface area contributed by atoms with Gasteiger partial charge in [0.05, 0.1) is 5.56 Å². The van der Waals surface area contributed by atoms with Gasteiger partial charge in [-0.1, -0.05) is 36.4 Å². The molecule has 2 rings (SSSR count). The number of ether oxygens (including phenoxy) is 1. The fourth-order valence-electron chi connectivity index (χ4n) is 2.24. The Morgan fingerprint density at radius 1 is 1.13 bits per heavy atom. The van der Waals surface area contributed by atoms with Crippen LogP contribution in [0.3, 0.4) is 0 Å². The highest BCUT2D eigenvalue weighted by Gasteiger charge is 2.23. The van der Waals surface area contributed by atoms with Crippen molar-refractivity contribution in [2.75, 3.05) is 13.7 Å². The Morgan fingerprint density at radius 3 is 2.30 bits per heavy atom. The fourth-order valence-corrected chi connectivity index (χ4v) is 2.24. The van der Waals surface area contributed by atoms with Crippen molar-refractivity contribution in [3.05, 3.63) is 71.3 Å². The third-order valence-electron chi connectivity index (χ3n) is 3.38. The highest BCUT2D eigenvalue weighted by molar-refractivity contribution is 5.82.